The molecule has 0 atom stereocenters. The molecule has 0 saturated heterocycles. The van der Waals surface area contributed by atoms with Crippen molar-refractivity contribution in [3.63, 3.8) is 0 Å². The number of methoxy groups -OCH3 is 1. The molecule has 3 aromatic carbocycles. The van der Waals surface area contributed by atoms with Crippen LogP contribution < -0.4 is 19.6 Å². The molecule has 1 N–H and O–H groups in total. The molecule has 0 bridgehead atoms. The summed E-state index contributed by atoms with van der Waals surface area (Å²) in [5.41, 5.74) is 6.28. The van der Waals surface area contributed by atoms with Gasteiger partial charge in [-0.15, -0.1) is 0 Å². The van der Waals surface area contributed by atoms with E-state index in [2.05, 4.69) is 10.5 Å². The molecular formula is C25H26N2O4. The highest BCUT2D eigenvalue weighted by atomic mass is 16.5. The van der Waals surface area contributed by atoms with Gasteiger partial charge in [0.2, 0.25) is 0 Å². The number of carbonyl (C=O) groups excluding carboxylic acids is 1. The van der Waals surface area contributed by atoms with E-state index in [-0.39, 0.29) is 12.5 Å². The average Bonchev–Trinajstić information content (AvgIpc) is 2.78. The lowest BCUT2D eigenvalue weighted by Crippen LogP contribution is -2.25. The number of nitrogens with one attached hydrogen (secondary N) is 1. The van der Waals surface area contributed by atoms with Gasteiger partial charge in [0.1, 0.15) is 12.4 Å². The predicted molar refractivity (Wildman–Crippen MR) is 121 cm³/mol. The number of para-hydroxylation sites is 1. The van der Waals surface area contributed by atoms with Gasteiger partial charge < -0.3 is 14.2 Å². The Bertz CT molecular complexity index is 1030. The van der Waals surface area contributed by atoms with Crippen LogP contribution >= 0.6 is 0 Å². The molecule has 0 saturated carbocycles. The first kappa shape index (κ1) is 21.9. The zero-order chi connectivity index (χ0) is 22.1. The molecule has 1 amide bonds. The smallest absolute Gasteiger partial charge is 0.277 e. The number of hydrogen-bond donors (Lipinski definition) is 1. The van der Waals surface area contributed by atoms with Crippen molar-refractivity contribution in [2.45, 2.75) is 20.5 Å². The Kier molecular flexibility index (Phi) is 7.65. The van der Waals surface area contributed by atoms with Crippen molar-refractivity contribution in [2.24, 2.45) is 5.10 Å². The molecular weight excluding hydrogens is 392 g/mol. The lowest BCUT2D eigenvalue weighted by molar-refractivity contribution is -0.123. The number of carbonyl (C=O) groups is 1. The topological polar surface area (TPSA) is 69.2 Å². The van der Waals surface area contributed by atoms with Crippen molar-refractivity contribution < 1.29 is 19.0 Å². The summed E-state index contributed by atoms with van der Waals surface area (Å²) in [5.74, 6) is 1.60. The lowest BCUT2D eigenvalue weighted by atomic mass is 10.1. The summed E-state index contributed by atoms with van der Waals surface area (Å²) in [6, 6.07) is 21.2. The molecule has 160 valence electrons. The van der Waals surface area contributed by atoms with E-state index in [0.717, 1.165) is 28.0 Å². The van der Waals surface area contributed by atoms with E-state index >= 15 is 0 Å². The number of amides is 1. The first-order chi connectivity index (χ1) is 15.1. The van der Waals surface area contributed by atoms with Crippen LogP contribution in [0.5, 0.6) is 17.2 Å². The first-order valence-corrected chi connectivity index (χ1v) is 9.92. The van der Waals surface area contributed by atoms with E-state index in [9.17, 15) is 4.79 Å². The number of nitrogens with zero attached hydrogens (tertiary/aromatic N) is 1. The Morgan fingerprint density at radius 1 is 0.935 bits per heavy atom. The molecule has 31 heavy (non-hydrogen) atoms. The van der Waals surface area contributed by atoms with E-state index in [0.29, 0.717) is 18.1 Å². The van der Waals surface area contributed by atoms with Crippen molar-refractivity contribution in [1.29, 1.82) is 0 Å². The number of ether oxygens (including phenoxy) is 3. The van der Waals surface area contributed by atoms with Crippen LogP contribution in [0.25, 0.3) is 0 Å². The van der Waals surface area contributed by atoms with Gasteiger partial charge in [0.15, 0.2) is 18.1 Å². The summed E-state index contributed by atoms with van der Waals surface area (Å²) < 4.78 is 16.9. The van der Waals surface area contributed by atoms with Gasteiger partial charge in [-0.1, -0.05) is 48.5 Å². The van der Waals surface area contributed by atoms with Gasteiger partial charge in [0, 0.05) is 0 Å². The van der Waals surface area contributed by atoms with Gasteiger partial charge in [0.05, 0.1) is 13.3 Å². The second-order valence-electron chi connectivity index (χ2n) is 6.99. The summed E-state index contributed by atoms with van der Waals surface area (Å²) in [6.45, 7) is 4.22. The van der Waals surface area contributed by atoms with Gasteiger partial charge in [-0.25, -0.2) is 5.43 Å². The minimum Gasteiger partial charge on any atom is -0.493 e. The van der Waals surface area contributed by atoms with Crippen LogP contribution in [0.4, 0.5) is 0 Å². The van der Waals surface area contributed by atoms with Gasteiger partial charge >= 0.3 is 0 Å². The molecule has 0 aliphatic carbocycles. The lowest BCUT2D eigenvalue weighted by Gasteiger charge is -2.11. The van der Waals surface area contributed by atoms with Crippen LogP contribution in [-0.4, -0.2) is 25.8 Å². The minimum atomic E-state index is -0.339. The van der Waals surface area contributed by atoms with Gasteiger partial charge in [-0.05, 0) is 54.3 Å². The SMILES string of the molecule is COc1cc(C=NNC(=O)COc2c(C)cccc2C)ccc1OCc1ccccc1. The monoisotopic (exact) mass is 418 g/mol. The minimum absolute atomic E-state index is 0.112. The molecule has 0 spiro atoms. The second-order valence-corrected chi connectivity index (χ2v) is 6.99. The number of aryl methyl sites for hydroxylation is 2. The zero-order valence-electron chi connectivity index (χ0n) is 17.9. The molecule has 0 radical (unpaired) electrons. The van der Waals surface area contributed by atoms with Crippen LogP contribution in [0.1, 0.15) is 22.3 Å². The maximum absolute atomic E-state index is 12.0. The molecule has 3 aromatic rings. The van der Waals surface area contributed by atoms with Gasteiger partial charge in [-0.3, -0.25) is 4.79 Å². The fraction of sp³-hybridized carbons (Fsp3) is 0.200. The van der Waals surface area contributed by atoms with Gasteiger partial charge in [-0.2, -0.15) is 5.10 Å². The van der Waals surface area contributed by atoms with Crippen molar-refractivity contribution >= 4 is 12.1 Å². The molecule has 0 aliphatic rings. The van der Waals surface area contributed by atoms with E-state index in [4.69, 9.17) is 14.2 Å². The summed E-state index contributed by atoms with van der Waals surface area (Å²) in [4.78, 5) is 12.0. The molecule has 0 unspecified atom stereocenters. The van der Waals surface area contributed by atoms with Crippen LogP contribution in [0.2, 0.25) is 0 Å². The number of benzene rings is 3. The van der Waals surface area contributed by atoms with Crippen molar-refractivity contribution in [2.75, 3.05) is 13.7 Å². The van der Waals surface area contributed by atoms with Crippen molar-refractivity contribution in [1.82, 2.24) is 5.43 Å². The Labute approximate surface area is 182 Å². The summed E-state index contributed by atoms with van der Waals surface area (Å²) in [7, 11) is 1.58. The number of hydrazone groups is 1. The fourth-order valence-electron chi connectivity index (χ4n) is 2.99. The molecule has 6 heteroatoms. The highest BCUT2D eigenvalue weighted by Crippen LogP contribution is 2.28. The Balaban J connectivity index is 1.53. The molecule has 3 rings (SSSR count). The molecule has 0 aliphatic heterocycles. The Morgan fingerprint density at radius 2 is 1.68 bits per heavy atom. The van der Waals surface area contributed by atoms with E-state index in [1.165, 1.54) is 0 Å². The van der Waals surface area contributed by atoms with Crippen LogP contribution in [0.15, 0.2) is 71.8 Å². The number of hydrogen-bond acceptors (Lipinski definition) is 5. The summed E-state index contributed by atoms with van der Waals surface area (Å²) in [6.07, 6.45) is 1.54. The predicted octanol–water partition coefficient (Wildman–Crippen LogP) is 4.42. The fourth-order valence-corrected chi connectivity index (χ4v) is 2.99. The molecule has 6 nitrogen and oxygen atoms in total. The third kappa shape index (κ3) is 6.34. The van der Waals surface area contributed by atoms with Crippen molar-refractivity contribution in [3.05, 3.63) is 89.0 Å². The Morgan fingerprint density at radius 3 is 2.39 bits per heavy atom. The average molecular weight is 418 g/mol. The van der Waals surface area contributed by atoms with E-state index in [1.54, 1.807) is 19.4 Å². The Hall–Kier alpha value is -3.80. The van der Waals surface area contributed by atoms with E-state index in [1.807, 2.05) is 74.5 Å². The van der Waals surface area contributed by atoms with Crippen LogP contribution in [-0.2, 0) is 11.4 Å². The molecule has 0 heterocycles. The summed E-state index contributed by atoms with van der Waals surface area (Å²) in [5, 5.41) is 4.00. The van der Waals surface area contributed by atoms with Crippen molar-refractivity contribution in [3.8, 4) is 17.2 Å². The zero-order valence-corrected chi connectivity index (χ0v) is 17.9. The highest BCUT2D eigenvalue weighted by molar-refractivity contribution is 5.83. The largest absolute Gasteiger partial charge is 0.493 e. The van der Waals surface area contributed by atoms with Gasteiger partial charge in [0.25, 0.3) is 5.91 Å². The summed E-state index contributed by atoms with van der Waals surface area (Å²) >= 11 is 0. The second kappa shape index (κ2) is 10.8. The maximum atomic E-state index is 12.0. The molecule has 0 aromatic heterocycles. The molecule has 0 fully saturated rings. The quantitative estimate of drug-likeness (QED) is 0.413. The van der Waals surface area contributed by atoms with Crippen LogP contribution in [0.3, 0.4) is 0 Å². The number of rotatable bonds is 9. The van der Waals surface area contributed by atoms with Crippen LogP contribution in [0, 0.1) is 13.8 Å². The first-order valence-electron chi connectivity index (χ1n) is 9.92. The third-order valence-electron chi connectivity index (χ3n) is 4.58. The third-order valence-corrected chi connectivity index (χ3v) is 4.58. The highest BCUT2D eigenvalue weighted by Gasteiger charge is 2.08. The maximum Gasteiger partial charge on any atom is 0.277 e. The standard InChI is InChI=1S/C25H26N2O4/c1-18-8-7-9-19(2)25(18)31-17-24(28)27-26-15-21-12-13-22(23(14-21)29-3)30-16-20-10-5-4-6-11-20/h4-15H,16-17H2,1-3H3,(H,27,28). The normalized spacial score (nSPS) is 10.7. The van der Waals surface area contributed by atoms with E-state index < -0.39 is 0 Å².